The summed E-state index contributed by atoms with van der Waals surface area (Å²) in [6, 6.07) is 8.48. The van der Waals surface area contributed by atoms with E-state index in [1.54, 1.807) is 42.8 Å². The molecule has 0 saturated heterocycles. The summed E-state index contributed by atoms with van der Waals surface area (Å²) in [5.41, 5.74) is 6.12. The third-order valence-corrected chi connectivity index (χ3v) is 5.89. The Morgan fingerprint density at radius 1 is 1.35 bits per heavy atom. The van der Waals surface area contributed by atoms with Gasteiger partial charge in [0.25, 0.3) is 10.0 Å². The first-order valence-corrected chi connectivity index (χ1v) is 8.22. The standard InChI is InChI=1S/C13H16N2O3S2/c1-15(10-4-3-5-11(8-10)18-2)20(16,17)13-6-7-19-12(13)9-14/h3-8H,9,14H2,1-2H3. The maximum absolute atomic E-state index is 12.6. The van der Waals surface area contributed by atoms with Gasteiger partial charge in [-0.3, -0.25) is 4.31 Å². The fraction of sp³-hybridized carbons (Fsp3) is 0.231. The second kappa shape index (κ2) is 5.82. The first kappa shape index (κ1) is 14.8. The molecule has 0 aliphatic carbocycles. The summed E-state index contributed by atoms with van der Waals surface area (Å²) in [6.07, 6.45) is 0. The molecule has 0 spiro atoms. The van der Waals surface area contributed by atoms with Gasteiger partial charge in [-0.05, 0) is 23.6 Å². The number of hydrogen-bond donors (Lipinski definition) is 1. The Bertz CT molecular complexity index is 695. The van der Waals surface area contributed by atoms with E-state index in [0.29, 0.717) is 16.3 Å². The molecule has 1 heterocycles. The summed E-state index contributed by atoms with van der Waals surface area (Å²) in [5.74, 6) is 0.605. The van der Waals surface area contributed by atoms with Crippen molar-refractivity contribution in [3.8, 4) is 5.75 Å². The molecular weight excluding hydrogens is 296 g/mol. The van der Waals surface area contributed by atoms with Crippen molar-refractivity contribution in [3.63, 3.8) is 0 Å². The lowest BCUT2D eigenvalue weighted by atomic mass is 10.3. The van der Waals surface area contributed by atoms with Gasteiger partial charge in [-0.1, -0.05) is 6.07 Å². The van der Waals surface area contributed by atoms with Crippen molar-refractivity contribution in [1.29, 1.82) is 0 Å². The maximum atomic E-state index is 12.6. The Morgan fingerprint density at radius 2 is 2.10 bits per heavy atom. The second-order valence-electron chi connectivity index (χ2n) is 4.09. The van der Waals surface area contributed by atoms with Crippen LogP contribution >= 0.6 is 11.3 Å². The fourth-order valence-corrected chi connectivity index (χ4v) is 4.29. The monoisotopic (exact) mass is 312 g/mol. The largest absolute Gasteiger partial charge is 0.497 e. The number of benzene rings is 1. The minimum atomic E-state index is -3.61. The molecule has 2 N–H and O–H groups in total. The van der Waals surface area contributed by atoms with Gasteiger partial charge in [0, 0.05) is 24.5 Å². The lowest BCUT2D eigenvalue weighted by molar-refractivity contribution is 0.415. The molecule has 2 aromatic rings. The average Bonchev–Trinajstić information content (AvgIpc) is 2.95. The van der Waals surface area contributed by atoms with E-state index in [1.807, 2.05) is 0 Å². The van der Waals surface area contributed by atoms with Gasteiger partial charge < -0.3 is 10.5 Å². The van der Waals surface area contributed by atoms with Crippen LogP contribution in [0.4, 0.5) is 5.69 Å². The molecule has 0 radical (unpaired) electrons. The number of anilines is 1. The van der Waals surface area contributed by atoms with Gasteiger partial charge in [0.05, 0.1) is 12.8 Å². The van der Waals surface area contributed by atoms with Crippen LogP contribution in [0.25, 0.3) is 0 Å². The highest BCUT2D eigenvalue weighted by Gasteiger charge is 2.25. The molecule has 0 amide bonds. The summed E-state index contributed by atoms with van der Waals surface area (Å²) in [4.78, 5) is 0.912. The molecule has 1 aromatic heterocycles. The second-order valence-corrected chi connectivity index (χ2v) is 7.02. The van der Waals surface area contributed by atoms with Crippen molar-refractivity contribution in [2.75, 3.05) is 18.5 Å². The first-order chi connectivity index (χ1) is 9.50. The number of hydrogen-bond acceptors (Lipinski definition) is 5. The highest BCUT2D eigenvalue weighted by molar-refractivity contribution is 7.93. The predicted molar refractivity (Wildman–Crippen MR) is 80.8 cm³/mol. The molecule has 0 atom stereocenters. The van der Waals surface area contributed by atoms with Crippen LogP contribution in [0, 0.1) is 0 Å². The van der Waals surface area contributed by atoms with Crippen molar-refractivity contribution < 1.29 is 13.2 Å². The van der Waals surface area contributed by atoms with Crippen molar-refractivity contribution in [3.05, 3.63) is 40.6 Å². The number of methoxy groups -OCH3 is 1. The number of sulfonamides is 1. The van der Waals surface area contributed by atoms with E-state index < -0.39 is 10.0 Å². The van der Waals surface area contributed by atoms with Gasteiger partial charge in [0.1, 0.15) is 10.6 Å². The van der Waals surface area contributed by atoms with Crippen LogP contribution in [0.2, 0.25) is 0 Å². The molecule has 0 bridgehead atoms. The molecule has 2 rings (SSSR count). The smallest absolute Gasteiger partial charge is 0.265 e. The predicted octanol–water partition coefficient (Wildman–Crippen LogP) is 2.04. The Balaban J connectivity index is 2.43. The number of nitrogens with zero attached hydrogens (tertiary/aromatic N) is 1. The Hall–Kier alpha value is -1.57. The molecular formula is C13H16N2O3S2. The molecule has 20 heavy (non-hydrogen) atoms. The van der Waals surface area contributed by atoms with Crippen LogP contribution in [0.15, 0.2) is 40.6 Å². The molecule has 0 fully saturated rings. The molecule has 0 aliphatic heterocycles. The summed E-state index contributed by atoms with van der Waals surface area (Å²) in [5, 5.41) is 1.73. The van der Waals surface area contributed by atoms with Crippen molar-refractivity contribution in [1.82, 2.24) is 0 Å². The topological polar surface area (TPSA) is 72.6 Å². The molecule has 1 aromatic carbocycles. The summed E-state index contributed by atoms with van der Waals surface area (Å²) in [6.45, 7) is 0.207. The third kappa shape index (κ3) is 2.65. The van der Waals surface area contributed by atoms with Gasteiger partial charge in [0.15, 0.2) is 0 Å². The van der Waals surface area contributed by atoms with Crippen LogP contribution in [0.5, 0.6) is 5.75 Å². The molecule has 108 valence electrons. The highest BCUT2D eigenvalue weighted by atomic mass is 32.2. The lowest BCUT2D eigenvalue weighted by Crippen LogP contribution is -2.27. The van der Waals surface area contributed by atoms with Crippen LogP contribution in [0.3, 0.4) is 0 Å². The van der Waals surface area contributed by atoms with E-state index in [2.05, 4.69) is 0 Å². The molecule has 0 saturated carbocycles. The minimum Gasteiger partial charge on any atom is -0.497 e. The van der Waals surface area contributed by atoms with E-state index in [1.165, 1.54) is 22.7 Å². The highest BCUT2D eigenvalue weighted by Crippen LogP contribution is 2.29. The zero-order valence-corrected chi connectivity index (χ0v) is 12.9. The summed E-state index contributed by atoms with van der Waals surface area (Å²) >= 11 is 1.34. The molecule has 7 heteroatoms. The molecule has 5 nitrogen and oxygen atoms in total. The van der Waals surface area contributed by atoms with Gasteiger partial charge in [-0.15, -0.1) is 11.3 Å². The van der Waals surface area contributed by atoms with E-state index in [9.17, 15) is 8.42 Å². The number of rotatable bonds is 5. The van der Waals surface area contributed by atoms with E-state index >= 15 is 0 Å². The van der Waals surface area contributed by atoms with Crippen molar-refractivity contribution in [2.24, 2.45) is 5.73 Å². The van der Waals surface area contributed by atoms with Crippen molar-refractivity contribution in [2.45, 2.75) is 11.4 Å². The number of ether oxygens (including phenoxy) is 1. The molecule has 0 aliphatic rings. The number of nitrogens with two attached hydrogens (primary N) is 1. The fourth-order valence-electron chi connectivity index (χ4n) is 1.80. The van der Waals surface area contributed by atoms with Gasteiger partial charge in [-0.25, -0.2) is 8.42 Å². The van der Waals surface area contributed by atoms with E-state index in [0.717, 1.165) is 0 Å². The Kier molecular flexibility index (Phi) is 4.32. The van der Waals surface area contributed by atoms with Crippen molar-refractivity contribution >= 4 is 27.0 Å². The van der Waals surface area contributed by atoms with Crippen LogP contribution in [-0.2, 0) is 16.6 Å². The summed E-state index contributed by atoms with van der Waals surface area (Å²) in [7, 11) is -0.552. The van der Waals surface area contributed by atoms with Crippen LogP contribution in [-0.4, -0.2) is 22.6 Å². The van der Waals surface area contributed by atoms with Gasteiger partial charge >= 0.3 is 0 Å². The molecule has 0 unspecified atom stereocenters. The maximum Gasteiger partial charge on any atom is 0.265 e. The third-order valence-electron chi connectivity index (χ3n) is 2.95. The van der Waals surface area contributed by atoms with E-state index in [4.69, 9.17) is 10.5 Å². The number of thiophene rings is 1. The quantitative estimate of drug-likeness (QED) is 0.917. The Labute approximate surface area is 122 Å². The van der Waals surface area contributed by atoms with Gasteiger partial charge in [-0.2, -0.15) is 0 Å². The first-order valence-electron chi connectivity index (χ1n) is 5.90. The zero-order chi connectivity index (χ0) is 14.8. The van der Waals surface area contributed by atoms with E-state index in [-0.39, 0.29) is 11.4 Å². The van der Waals surface area contributed by atoms with Crippen LogP contribution in [0.1, 0.15) is 4.88 Å². The minimum absolute atomic E-state index is 0.207. The SMILES string of the molecule is COc1cccc(N(C)S(=O)(=O)c2ccsc2CN)c1. The summed E-state index contributed by atoms with van der Waals surface area (Å²) < 4.78 is 31.6. The average molecular weight is 312 g/mol. The lowest BCUT2D eigenvalue weighted by Gasteiger charge is -2.20. The zero-order valence-electron chi connectivity index (χ0n) is 11.2. The van der Waals surface area contributed by atoms with Gasteiger partial charge in [0.2, 0.25) is 0 Å². The Morgan fingerprint density at radius 3 is 2.75 bits per heavy atom. The van der Waals surface area contributed by atoms with Crippen LogP contribution < -0.4 is 14.8 Å². The normalized spacial score (nSPS) is 11.3.